The molecule has 0 aliphatic carbocycles. The summed E-state index contributed by atoms with van der Waals surface area (Å²) in [7, 11) is 1.41. The summed E-state index contributed by atoms with van der Waals surface area (Å²) in [6.07, 6.45) is 0. The minimum atomic E-state index is -0.876. The molecule has 1 amide bonds. The van der Waals surface area contributed by atoms with E-state index >= 15 is 0 Å². The quantitative estimate of drug-likeness (QED) is 0.465. The van der Waals surface area contributed by atoms with Crippen LogP contribution in [0.25, 0.3) is 0 Å². The molecule has 0 radical (unpaired) electrons. The molecule has 0 heterocycles. The Bertz CT molecular complexity index is 803. The number of nitro benzene ring substituents is 1. The average molecular weight is 346 g/mol. The van der Waals surface area contributed by atoms with Crippen molar-refractivity contribution in [3.8, 4) is 11.5 Å². The zero-order chi connectivity index (χ0) is 18.4. The first-order valence-electron chi connectivity index (χ1n) is 6.99. The second-order valence-corrected chi connectivity index (χ2v) is 4.81. The third-order valence-electron chi connectivity index (χ3n) is 3.12. The Hall–Kier alpha value is -3.62. The number of carbonyl (C=O) groups is 2. The lowest BCUT2D eigenvalue weighted by Gasteiger charge is -2.08. The van der Waals surface area contributed by atoms with Crippen molar-refractivity contribution in [1.82, 2.24) is 0 Å². The van der Waals surface area contributed by atoms with E-state index in [4.69, 9.17) is 9.47 Å². The molecular formula is C16H14N2O7. The number of phenolic OH excluding ortho intramolecular Hbond substituents is 1. The van der Waals surface area contributed by atoms with E-state index in [1.54, 1.807) is 0 Å². The van der Waals surface area contributed by atoms with Gasteiger partial charge in [0.15, 0.2) is 6.61 Å². The number of phenols is 1. The summed E-state index contributed by atoms with van der Waals surface area (Å²) in [5, 5.41) is 22.7. The summed E-state index contributed by atoms with van der Waals surface area (Å²) in [5.41, 5.74) is 0.0993. The summed E-state index contributed by atoms with van der Waals surface area (Å²) in [6.45, 7) is -0.582. The number of hydrogen-bond donors (Lipinski definition) is 2. The highest BCUT2D eigenvalue weighted by molar-refractivity contribution is 5.96. The average Bonchev–Trinajstić information content (AvgIpc) is 2.60. The van der Waals surface area contributed by atoms with Gasteiger partial charge in [0.1, 0.15) is 17.1 Å². The topological polar surface area (TPSA) is 128 Å². The highest BCUT2D eigenvalue weighted by Gasteiger charge is 2.15. The molecule has 130 valence electrons. The highest BCUT2D eigenvalue weighted by Crippen LogP contribution is 2.24. The molecule has 0 aliphatic rings. The first-order valence-corrected chi connectivity index (χ1v) is 6.99. The Morgan fingerprint density at radius 3 is 2.44 bits per heavy atom. The molecule has 0 saturated heterocycles. The minimum Gasteiger partial charge on any atom is -0.507 e. The molecule has 0 saturated carbocycles. The Kier molecular flexibility index (Phi) is 5.51. The van der Waals surface area contributed by atoms with Crippen molar-refractivity contribution in [1.29, 1.82) is 0 Å². The van der Waals surface area contributed by atoms with E-state index in [1.807, 2.05) is 0 Å². The summed E-state index contributed by atoms with van der Waals surface area (Å²) in [4.78, 5) is 33.6. The molecule has 9 heteroatoms. The van der Waals surface area contributed by atoms with Gasteiger partial charge in [-0.2, -0.15) is 0 Å². The number of rotatable bonds is 6. The second kappa shape index (κ2) is 7.77. The zero-order valence-electron chi connectivity index (χ0n) is 13.1. The molecule has 2 rings (SSSR count). The lowest BCUT2D eigenvalue weighted by atomic mass is 10.2. The van der Waals surface area contributed by atoms with E-state index in [-0.39, 0.29) is 17.0 Å². The summed E-state index contributed by atoms with van der Waals surface area (Å²) in [6, 6.07) is 9.19. The van der Waals surface area contributed by atoms with Crippen molar-refractivity contribution in [3.63, 3.8) is 0 Å². The van der Waals surface area contributed by atoms with Crippen molar-refractivity contribution in [2.75, 3.05) is 19.0 Å². The molecule has 25 heavy (non-hydrogen) atoms. The van der Waals surface area contributed by atoms with Crippen molar-refractivity contribution in [2.45, 2.75) is 0 Å². The van der Waals surface area contributed by atoms with E-state index in [9.17, 15) is 24.8 Å². The fraction of sp³-hybridized carbons (Fsp3) is 0.125. The van der Waals surface area contributed by atoms with Crippen LogP contribution in [-0.2, 0) is 9.53 Å². The molecule has 0 bridgehead atoms. The number of aromatic hydroxyl groups is 1. The third kappa shape index (κ3) is 4.67. The lowest BCUT2D eigenvalue weighted by Crippen LogP contribution is -2.21. The SMILES string of the molecule is COc1ccc(C(=O)OCC(=O)Nc2ccc([N+](=O)[O-])cc2)c(O)c1. The molecule has 0 unspecified atom stereocenters. The molecule has 2 aromatic carbocycles. The number of amides is 1. The van der Waals surface area contributed by atoms with Crippen LogP contribution in [0.15, 0.2) is 42.5 Å². The maximum atomic E-state index is 11.9. The van der Waals surface area contributed by atoms with Crippen LogP contribution in [0, 0.1) is 10.1 Å². The van der Waals surface area contributed by atoms with Gasteiger partial charge >= 0.3 is 5.97 Å². The van der Waals surface area contributed by atoms with Gasteiger partial charge in [0, 0.05) is 23.9 Å². The summed E-state index contributed by atoms with van der Waals surface area (Å²) in [5.74, 6) is -1.47. The Morgan fingerprint density at radius 1 is 1.20 bits per heavy atom. The molecule has 9 nitrogen and oxygen atoms in total. The van der Waals surface area contributed by atoms with Gasteiger partial charge in [-0.05, 0) is 24.3 Å². The van der Waals surface area contributed by atoms with Crippen LogP contribution in [0.4, 0.5) is 11.4 Å². The molecular weight excluding hydrogens is 332 g/mol. The van der Waals surface area contributed by atoms with Crippen LogP contribution in [0.1, 0.15) is 10.4 Å². The molecule has 0 aliphatic heterocycles. The van der Waals surface area contributed by atoms with Crippen molar-refractivity contribution in [3.05, 3.63) is 58.1 Å². The van der Waals surface area contributed by atoms with E-state index in [0.717, 1.165) is 0 Å². The van der Waals surface area contributed by atoms with Gasteiger partial charge < -0.3 is 19.9 Å². The maximum Gasteiger partial charge on any atom is 0.342 e. The van der Waals surface area contributed by atoms with Gasteiger partial charge in [-0.1, -0.05) is 0 Å². The number of ether oxygens (including phenoxy) is 2. The third-order valence-corrected chi connectivity index (χ3v) is 3.12. The van der Waals surface area contributed by atoms with Gasteiger partial charge in [0.2, 0.25) is 0 Å². The number of esters is 1. The monoisotopic (exact) mass is 346 g/mol. The molecule has 0 aromatic heterocycles. The van der Waals surface area contributed by atoms with Gasteiger partial charge in [-0.25, -0.2) is 4.79 Å². The van der Waals surface area contributed by atoms with Gasteiger partial charge in [0.05, 0.1) is 12.0 Å². The number of carbonyl (C=O) groups excluding carboxylic acids is 2. The largest absolute Gasteiger partial charge is 0.507 e. The zero-order valence-corrected chi connectivity index (χ0v) is 13.1. The molecule has 0 atom stereocenters. The van der Waals surface area contributed by atoms with Gasteiger partial charge in [0.25, 0.3) is 11.6 Å². The van der Waals surface area contributed by atoms with Crippen LogP contribution in [0.5, 0.6) is 11.5 Å². The normalized spacial score (nSPS) is 9.96. The number of nitrogens with zero attached hydrogens (tertiary/aromatic N) is 1. The first-order chi connectivity index (χ1) is 11.9. The van der Waals surface area contributed by atoms with Crippen molar-refractivity contribution < 1.29 is 29.1 Å². The van der Waals surface area contributed by atoms with Crippen LogP contribution < -0.4 is 10.1 Å². The van der Waals surface area contributed by atoms with Gasteiger partial charge in [-0.3, -0.25) is 14.9 Å². The predicted molar refractivity (Wildman–Crippen MR) is 86.7 cm³/mol. The molecule has 0 spiro atoms. The Balaban J connectivity index is 1.91. The number of methoxy groups -OCH3 is 1. The number of non-ortho nitro benzene ring substituents is 1. The predicted octanol–water partition coefficient (Wildman–Crippen LogP) is 2.10. The van der Waals surface area contributed by atoms with E-state index in [1.165, 1.54) is 49.6 Å². The van der Waals surface area contributed by atoms with Crippen LogP contribution >= 0.6 is 0 Å². The molecule has 0 fully saturated rings. The number of nitro groups is 1. The minimum absolute atomic E-state index is 0.107. The molecule has 2 N–H and O–H groups in total. The highest BCUT2D eigenvalue weighted by atomic mass is 16.6. The van der Waals surface area contributed by atoms with Crippen molar-refractivity contribution in [2.24, 2.45) is 0 Å². The lowest BCUT2D eigenvalue weighted by molar-refractivity contribution is -0.384. The van der Waals surface area contributed by atoms with Crippen molar-refractivity contribution >= 4 is 23.3 Å². The first kappa shape index (κ1) is 17.7. The maximum absolute atomic E-state index is 11.9. The van der Waals surface area contributed by atoms with Crippen LogP contribution in [0.2, 0.25) is 0 Å². The van der Waals surface area contributed by atoms with Gasteiger partial charge in [-0.15, -0.1) is 0 Å². The van der Waals surface area contributed by atoms with E-state index < -0.39 is 23.4 Å². The van der Waals surface area contributed by atoms with E-state index in [2.05, 4.69) is 5.32 Å². The van der Waals surface area contributed by atoms with Crippen LogP contribution in [-0.4, -0.2) is 35.6 Å². The fourth-order valence-electron chi connectivity index (χ4n) is 1.88. The fourth-order valence-corrected chi connectivity index (χ4v) is 1.88. The second-order valence-electron chi connectivity index (χ2n) is 4.81. The Morgan fingerprint density at radius 2 is 1.88 bits per heavy atom. The summed E-state index contributed by atoms with van der Waals surface area (Å²) < 4.78 is 9.72. The standard InChI is InChI=1S/C16H14N2O7/c1-24-12-6-7-13(14(19)8-12)16(21)25-9-15(20)17-10-2-4-11(5-3-10)18(22)23/h2-8,19H,9H2,1H3,(H,17,20). The number of benzene rings is 2. The van der Waals surface area contributed by atoms with E-state index in [0.29, 0.717) is 11.4 Å². The number of anilines is 1. The molecule has 2 aromatic rings. The number of nitrogens with one attached hydrogen (secondary N) is 1. The Labute approximate surface area is 141 Å². The summed E-state index contributed by atoms with van der Waals surface area (Å²) >= 11 is 0. The van der Waals surface area contributed by atoms with Crippen LogP contribution in [0.3, 0.4) is 0 Å². The number of hydrogen-bond acceptors (Lipinski definition) is 7. The smallest absolute Gasteiger partial charge is 0.342 e.